The molecule has 0 rings (SSSR count). The molecule has 0 saturated heterocycles. The third-order valence-corrected chi connectivity index (χ3v) is 1.78. The van der Waals surface area contributed by atoms with Crippen LogP contribution in [0.1, 0.15) is 19.3 Å². The highest BCUT2D eigenvalue weighted by Crippen LogP contribution is 1.90. The summed E-state index contributed by atoms with van der Waals surface area (Å²) in [4.78, 5) is 8.33. The van der Waals surface area contributed by atoms with Crippen molar-refractivity contribution in [1.82, 2.24) is 0 Å². The Morgan fingerprint density at radius 3 is 1.69 bits per heavy atom. The molecule has 0 aromatic heterocycles. The zero-order chi connectivity index (χ0) is 9.78. The molecule has 0 aliphatic carbocycles. The van der Waals surface area contributed by atoms with Crippen molar-refractivity contribution in [2.24, 2.45) is 9.98 Å². The van der Waals surface area contributed by atoms with Crippen LogP contribution in [-0.2, 0) is 0 Å². The molecule has 0 unspecified atom stereocenters. The number of nitrogens with zero attached hydrogens (tertiary/aromatic N) is 2. The van der Waals surface area contributed by atoms with Crippen molar-refractivity contribution in [3.8, 4) is 0 Å². The molecule has 76 valence electrons. The first kappa shape index (κ1) is 13.0. The second-order valence-corrected chi connectivity index (χ2v) is 3.45. The standard InChI is InChI=1S/C9H18N2S2/c12-8-6-10-4-2-1-3-5-11-7-9-13/h4-5,12-13H,1-3,6-9H2/b10-4+,11-5+. The Labute approximate surface area is 91.8 Å². The smallest absolute Gasteiger partial charge is 0.0473 e. The van der Waals surface area contributed by atoms with E-state index < -0.39 is 0 Å². The zero-order valence-electron chi connectivity index (χ0n) is 7.89. The summed E-state index contributed by atoms with van der Waals surface area (Å²) < 4.78 is 0. The van der Waals surface area contributed by atoms with Crippen LogP contribution in [0.5, 0.6) is 0 Å². The van der Waals surface area contributed by atoms with Crippen LogP contribution in [0.4, 0.5) is 0 Å². The Bertz CT molecular complexity index is 131. The maximum absolute atomic E-state index is 4.17. The van der Waals surface area contributed by atoms with Gasteiger partial charge in [0.15, 0.2) is 0 Å². The third-order valence-electron chi connectivity index (χ3n) is 1.38. The van der Waals surface area contributed by atoms with Gasteiger partial charge in [-0.25, -0.2) is 0 Å². The summed E-state index contributed by atoms with van der Waals surface area (Å²) in [7, 11) is 0. The predicted molar refractivity (Wildman–Crippen MR) is 68.3 cm³/mol. The van der Waals surface area contributed by atoms with E-state index in [2.05, 4.69) is 35.2 Å². The largest absolute Gasteiger partial charge is 0.297 e. The van der Waals surface area contributed by atoms with Gasteiger partial charge in [-0.15, -0.1) is 0 Å². The van der Waals surface area contributed by atoms with Crippen LogP contribution in [0.15, 0.2) is 9.98 Å². The summed E-state index contributed by atoms with van der Waals surface area (Å²) in [5.74, 6) is 1.67. The molecule has 0 radical (unpaired) electrons. The molecule has 4 heteroatoms. The van der Waals surface area contributed by atoms with Crippen molar-refractivity contribution >= 4 is 37.7 Å². The van der Waals surface area contributed by atoms with Gasteiger partial charge in [-0.05, 0) is 31.7 Å². The van der Waals surface area contributed by atoms with Crippen LogP contribution in [-0.4, -0.2) is 37.0 Å². The summed E-state index contributed by atoms with van der Waals surface area (Å²) in [6.07, 6.45) is 7.17. The summed E-state index contributed by atoms with van der Waals surface area (Å²) in [5.41, 5.74) is 0. The van der Waals surface area contributed by atoms with Gasteiger partial charge in [-0.1, -0.05) is 0 Å². The van der Waals surface area contributed by atoms with E-state index in [1.807, 2.05) is 12.4 Å². The van der Waals surface area contributed by atoms with E-state index in [1.165, 1.54) is 0 Å². The van der Waals surface area contributed by atoms with Gasteiger partial charge in [0.1, 0.15) is 0 Å². The number of aliphatic imine (C=N–C) groups is 2. The van der Waals surface area contributed by atoms with Crippen LogP contribution in [0.3, 0.4) is 0 Å². The highest BCUT2D eigenvalue weighted by molar-refractivity contribution is 7.80. The molecule has 0 amide bonds. The second-order valence-electron chi connectivity index (χ2n) is 2.56. The van der Waals surface area contributed by atoms with Crippen LogP contribution in [0, 0.1) is 0 Å². The van der Waals surface area contributed by atoms with Crippen molar-refractivity contribution in [1.29, 1.82) is 0 Å². The van der Waals surface area contributed by atoms with Gasteiger partial charge >= 0.3 is 0 Å². The fraction of sp³-hybridized carbons (Fsp3) is 0.778. The molecule has 0 fully saturated rings. The monoisotopic (exact) mass is 218 g/mol. The minimum atomic E-state index is 0.830. The highest BCUT2D eigenvalue weighted by atomic mass is 32.1. The Kier molecular flexibility index (Phi) is 12.1. The molecule has 13 heavy (non-hydrogen) atoms. The summed E-state index contributed by atoms with van der Waals surface area (Å²) in [6, 6.07) is 0. The number of unbranched alkanes of at least 4 members (excludes halogenated alkanes) is 2. The summed E-state index contributed by atoms with van der Waals surface area (Å²) >= 11 is 8.12. The van der Waals surface area contributed by atoms with E-state index >= 15 is 0 Å². The lowest BCUT2D eigenvalue weighted by molar-refractivity contribution is 0.932. The average molecular weight is 218 g/mol. The molecule has 0 N–H and O–H groups in total. The van der Waals surface area contributed by atoms with E-state index in [1.54, 1.807) is 0 Å². The van der Waals surface area contributed by atoms with Gasteiger partial charge in [0.25, 0.3) is 0 Å². The van der Waals surface area contributed by atoms with Gasteiger partial charge in [0.05, 0.1) is 0 Å². The predicted octanol–water partition coefficient (Wildman–Crippen LogP) is 2.16. The molecule has 0 aromatic rings. The molecular weight excluding hydrogens is 200 g/mol. The first-order chi connectivity index (χ1) is 6.41. The average Bonchev–Trinajstić information content (AvgIpc) is 2.16. The Morgan fingerprint density at radius 2 is 1.31 bits per heavy atom. The maximum atomic E-state index is 4.17. The second kappa shape index (κ2) is 12.0. The van der Waals surface area contributed by atoms with Crippen LogP contribution in [0.25, 0.3) is 0 Å². The molecular formula is C9H18N2S2. The first-order valence-electron chi connectivity index (χ1n) is 4.60. The number of rotatable bonds is 8. The normalized spacial score (nSPS) is 11.8. The van der Waals surface area contributed by atoms with Gasteiger partial charge in [-0.2, -0.15) is 25.3 Å². The minimum absolute atomic E-state index is 0.830. The lowest BCUT2D eigenvalue weighted by atomic mass is 10.2. The quantitative estimate of drug-likeness (QED) is 0.354. The number of hydrogen-bond donors (Lipinski definition) is 2. The summed E-state index contributed by atoms with van der Waals surface area (Å²) in [5, 5.41) is 0. The molecule has 0 saturated carbocycles. The van der Waals surface area contributed by atoms with E-state index in [0.29, 0.717) is 0 Å². The van der Waals surface area contributed by atoms with Crippen LogP contribution in [0.2, 0.25) is 0 Å². The molecule has 0 aliphatic rings. The van der Waals surface area contributed by atoms with Crippen molar-refractivity contribution in [2.45, 2.75) is 19.3 Å². The fourth-order valence-electron chi connectivity index (χ4n) is 0.781. The van der Waals surface area contributed by atoms with Gasteiger partial charge in [-0.3, -0.25) is 9.98 Å². The number of thiol groups is 2. The summed E-state index contributed by atoms with van der Waals surface area (Å²) in [6.45, 7) is 1.66. The SMILES string of the molecule is SCC/N=C/CCC/C=N/CCS. The van der Waals surface area contributed by atoms with E-state index in [9.17, 15) is 0 Å². The third kappa shape index (κ3) is 12.0. The fourth-order valence-corrected chi connectivity index (χ4v) is 1.01. The van der Waals surface area contributed by atoms with Gasteiger partial charge in [0.2, 0.25) is 0 Å². The Balaban J connectivity index is 3.07. The number of hydrogen-bond acceptors (Lipinski definition) is 4. The first-order valence-corrected chi connectivity index (χ1v) is 5.86. The molecule has 2 nitrogen and oxygen atoms in total. The molecule has 0 bridgehead atoms. The maximum Gasteiger partial charge on any atom is 0.0473 e. The molecule has 0 atom stereocenters. The van der Waals surface area contributed by atoms with E-state index in [4.69, 9.17) is 0 Å². The highest BCUT2D eigenvalue weighted by Gasteiger charge is 1.81. The Hall–Kier alpha value is 0.0400. The minimum Gasteiger partial charge on any atom is -0.297 e. The van der Waals surface area contributed by atoms with E-state index in [0.717, 1.165) is 43.9 Å². The lowest BCUT2D eigenvalue weighted by Crippen LogP contribution is -1.85. The van der Waals surface area contributed by atoms with Crippen molar-refractivity contribution < 1.29 is 0 Å². The molecule has 0 aromatic carbocycles. The van der Waals surface area contributed by atoms with E-state index in [-0.39, 0.29) is 0 Å². The van der Waals surface area contributed by atoms with Gasteiger partial charge in [0, 0.05) is 24.6 Å². The van der Waals surface area contributed by atoms with Crippen molar-refractivity contribution in [3.63, 3.8) is 0 Å². The molecule has 0 aliphatic heterocycles. The van der Waals surface area contributed by atoms with Crippen LogP contribution >= 0.6 is 25.3 Å². The molecule has 0 spiro atoms. The van der Waals surface area contributed by atoms with Gasteiger partial charge < -0.3 is 0 Å². The lowest BCUT2D eigenvalue weighted by Gasteiger charge is -1.90. The topological polar surface area (TPSA) is 24.7 Å². The van der Waals surface area contributed by atoms with Crippen LogP contribution < -0.4 is 0 Å². The van der Waals surface area contributed by atoms with Crippen molar-refractivity contribution in [2.75, 3.05) is 24.6 Å². The molecule has 0 heterocycles. The van der Waals surface area contributed by atoms with Crippen molar-refractivity contribution in [3.05, 3.63) is 0 Å². The Morgan fingerprint density at radius 1 is 0.846 bits per heavy atom. The zero-order valence-corrected chi connectivity index (χ0v) is 9.68.